The Labute approximate surface area is 48.3 Å². The molecule has 6 nitrogen and oxygen atoms in total. The molecular formula is H11AlO6. The molecule has 7 heteroatoms. The predicted octanol–water partition coefficient (Wildman–Crippen LogP) is -4.89. The van der Waals surface area contributed by atoms with Gasteiger partial charge in [-0.15, -0.1) is 0 Å². The van der Waals surface area contributed by atoms with Crippen LogP contribution in [-0.4, -0.2) is 43.6 Å². The van der Waals surface area contributed by atoms with Crippen LogP contribution in [0, 0.1) is 0 Å². The summed E-state index contributed by atoms with van der Waals surface area (Å²) < 4.78 is 8.28. The maximum atomic E-state index is 8.28. The summed E-state index contributed by atoms with van der Waals surface area (Å²) in [6.45, 7) is 0. The normalized spacial score (nSPS) is 0.429. The van der Waals surface area contributed by atoms with Gasteiger partial charge >= 0.3 is 20.0 Å². The topological polar surface area (TPSA) is 175 Å². The monoisotopic (exact) mass is 134 g/mol. The van der Waals surface area contributed by atoms with Crippen molar-refractivity contribution < 1.29 is 31.2 Å². The van der Waals surface area contributed by atoms with Crippen molar-refractivity contribution in [1.82, 2.24) is 0 Å². The quantitative estimate of drug-likeness (QED) is 0.296. The van der Waals surface area contributed by atoms with E-state index >= 15 is 0 Å². The third-order valence-electron chi connectivity index (χ3n) is 0. The summed E-state index contributed by atoms with van der Waals surface area (Å²) in [4.78, 5) is 0. The van der Waals surface area contributed by atoms with Crippen molar-refractivity contribution in [3.05, 3.63) is 0 Å². The van der Waals surface area contributed by atoms with E-state index in [2.05, 4.69) is 0 Å². The summed E-state index contributed by atoms with van der Waals surface area (Å²) in [5.41, 5.74) is 0. The Morgan fingerprint density at radius 3 is 0.571 bits per heavy atom. The van der Waals surface area contributed by atoms with Crippen molar-refractivity contribution in [1.29, 1.82) is 0 Å². The van der Waals surface area contributed by atoms with Crippen molar-refractivity contribution in [2.75, 3.05) is 0 Å². The molecule has 0 aromatic heterocycles. The molecule has 7 heavy (non-hydrogen) atoms. The zero-order valence-electron chi connectivity index (χ0n) is 3.62. The summed E-state index contributed by atoms with van der Waals surface area (Å²) in [6, 6.07) is 0. The van der Waals surface area contributed by atoms with Gasteiger partial charge in [-0.05, 0) is 0 Å². The molecule has 0 aliphatic carbocycles. The standard InChI is InChI=1S/Al.5H2O.O.H/h;5*1H2;;. The van der Waals surface area contributed by atoms with Crippen LogP contribution in [-0.2, 0) is 3.80 Å². The van der Waals surface area contributed by atoms with Crippen LogP contribution >= 0.6 is 0 Å². The molecule has 0 heterocycles. The number of hydrogen-bond acceptors (Lipinski definition) is 1. The van der Waals surface area contributed by atoms with Gasteiger partial charge in [0, 0.05) is 0 Å². The van der Waals surface area contributed by atoms with Crippen molar-refractivity contribution in [3.8, 4) is 0 Å². The molecule has 0 saturated heterocycles. The second kappa shape index (κ2) is 9210. The van der Waals surface area contributed by atoms with E-state index in [1.54, 1.807) is 0 Å². The first kappa shape index (κ1) is 209. The van der Waals surface area contributed by atoms with Crippen LogP contribution in [0.25, 0.3) is 0 Å². The summed E-state index contributed by atoms with van der Waals surface area (Å²) in [6.07, 6.45) is 0. The van der Waals surface area contributed by atoms with Gasteiger partial charge in [-0.25, -0.2) is 0 Å². The molecule has 0 amide bonds. The third-order valence-corrected chi connectivity index (χ3v) is 0. The zero-order valence-corrected chi connectivity index (χ0v) is 5.03. The van der Waals surface area contributed by atoms with E-state index < -0.39 is 0 Å². The van der Waals surface area contributed by atoms with Gasteiger partial charge in [0.05, 0.1) is 0 Å². The van der Waals surface area contributed by atoms with E-state index in [1.807, 2.05) is 0 Å². The van der Waals surface area contributed by atoms with Gasteiger partial charge in [-0.3, -0.25) is 0 Å². The van der Waals surface area contributed by atoms with Crippen molar-refractivity contribution in [2.24, 2.45) is 0 Å². The van der Waals surface area contributed by atoms with Gasteiger partial charge in [0.25, 0.3) is 0 Å². The molecule has 0 aromatic carbocycles. The maximum absolute atomic E-state index is 8.28. The van der Waals surface area contributed by atoms with Gasteiger partial charge in [0.15, 0.2) is 0 Å². The fourth-order valence-corrected chi connectivity index (χ4v) is 0. The van der Waals surface area contributed by atoms with E-state index in [-0.39, 0.29) is 27.4 Å². The van der Waals surface area contributed by atoms with Crippen molar-refractivity contribution in [2.45, 2.75) is 0 Å². The molecule has 0 rings (SSSR count). The molecule has 0 aromatic rings. The average Bonchev–Trinajstić information content (AvgIpc) is 1.00. The Morgan fingerprint density at radius 2 is 0.571 bits per heavy atom. The first-order valence-corrected chi connectivity index (χ1v) is 0.866. The summed E-state index contributed by atoms with van der Waals surface area (Å²) in [5.74, 6) is 0. The Morgan fingerprint density at radius 1 is 0.571 bits per heavy atom. The Kier molecular flexibility index (Phi) is 275000. The fourth-order valence-electron chi connectivity index (χ4n) is 0. The molecular weight excluding hydrogens is 123 g/mol. The summed E-state index contributed by atoms with van der Waals surface area (Å²) >= 11 is 0.611. The van der Waals surface area contributed by atoms with Crippen LogP contribution in [0.15, 0.2) is 0 Å². The van der Waals surface area contributed by atoms with Gasteiger partial charge in [0.2, 0.25) is 0 Å². The second-order valence-electron chi connectivity index (χ2n) is 0. The van der Waals surface area contributed by atoms with Crippen molar-refractivity contribution >= 4 is 16.2 Å². The molecule has 10 N–H and O–H groups in total. The minimum atomic E-state index is 0. The van der Waals surface area contributed by atoms with E-state index in [4.69, 9.17) is 3.80 Å². The van der Waals surface area contributed by atoms with E-state index in [1.165, 1.54) is 0 Å². The first-order chi connectivity index (χ1) is 1.00. The fraction of sp³-hybridized carbons (Fsp3) is 0. The van der Waals surface area contributed by atoms with Crippen LogP contribution in [0.3, 0.4) is 0 Å². The van der Waals surface area contributed by atoms with E-state index in [0.29, 0.717) is 16.2 Å². The summed E-state index contributed by atoms with van der Waals surface area (Å²) in [5, 5.41) is 0. The van der Waals surface area contributed by atoms with Crippen LogP contribution in [0.5, 0.6) is 0 Å². The number of hydrogen-bond donors (Lipinski definition) is 0. The van der Waals surface area contributed by atoms with Crippen LogP contribution in [0.2, 0.25) is 0 Å². The van der Waals surface area contributed by atoms with E-state index in [9.17, 15) is 0 Å². The van der Waals surface area contributed by atoms with Crippen LogP contribution < -0.4 is 0 Å². The van der Waals surface area contributed by atoms with Gasteiger partial charge in [-0.2, -0.15) is 0 Å². The first-order valence-electron chi connectivity index (χ1n) is 0.289. The molecule has 0 atom stereocenters. The molecule has 0 bridgehead atoms. The molecule has 0 spiro atoms. The predicted molar refractivity (Wildman–Crippen MR) is 25.9 cm³/mol. The van der Waals surface area contributed by atoms with Gasteiger partial charge in [0.1, 0.15) is 0 Å². The Hall–Kier alpha value is 0.132. The summed E-state index contributed by atoms with van der Waals surface area (Å²) in [7, 11) is 0. The minimum absolute atomic E-state index is 0. The van der Waals surface area contributed by atoms with Gasteiger partial charge in [-0.1, -0.05) is 0 Å². The van der Waals surface area contributed by atoms with E-state index in [0.717, 1.165) is 0 Å². The SMILES string of the molecule is O.O.O.O.O.[O]=[AlH]. The molecule has 0 unspecified atom stereocenters. The van der Waals surface area contributed by atoms with Crippen molar-refractivity contribution in [3.63, 3.8) is 0 Å². The molecule has 0 radical (unpaired) electrons. The molecule has 0 saturated carbocycles. The molecule has 50 valence electrons. The average molecular weight is 134 g/mol. The second-order valence-corrected chi connectivity index (χ2v) is 0. The Bertz CT molecular complexity index is 4.14. The third kappa shape index (κ3) is 5970. The Balaban J connectivity index is -0.000000000500. The zero-order chi connectivity index (χ0) is 2.00. The molecule has 0 aliphatic rings. The van der Waals surface area contributed by atoms with Crippen LogP contribution in [0.1, 0.15) is 0 Å². The molecule has 0 fully saturated rings. The molecule has 0 aliphatic heterocycles. The van der Waals surface area contributed by atoms with Gasteiger partial charge < -0.3 is 27.4 Å². The van der Waals surface area contributed by atoms with Crippen LogP contribution in [0.4, 0.5) is 0 Å². The number of rotatable bonds is 0.